The first-order valence-electron chi connectivity index (χ1n) is 0.983. The van der Waals surface area contributed by atoms with E-state index in [1.54, 1.807) is 21.6 Å². The van der Waals surface area contributed by atoms with Crippen molar-refractivity contribution in [1.29, 1.82) is 0 Å². The van der Waals surface area contributed by atoms with Crippen LogP contribution in [0, 0.1) is 0 Å². The largest absolute Gasteiger partial charge is 0.147 e. The van der Waals surface area contributed by atoms with Gasteiger partial charge in [-0.15, -0.1) is 12.4 Å². The molecule has 0 aromatic rings. The van der Waals surface area contributed by atoms with Crippen LogP contribution in [0.2, 0.25) is 0 Å². The van der Waals surface area contributed by atoms with Gasteiger partial charge in [0, 0.05) is 0 Å². The minimum Gasteiger partial charge on any atom is -0.147 e. The van der Waals surface area contributed by atoms with E-state index in [1.165, 1.54) is 0 Å². The Bertz CT molecular complexity index is 9.61. The van der Waals surface area contributed by atoms with Gasteiger partial charge in [0.2, 0.25) is 0 Å². The summed E-state index contributed by atoms with van der Waals surface area (Å²) in [6.45, 7) is 0. The van der Waals surface area contributed by atoms with E-state index in [9.17, 15) is 0 Å². The highest BCUT2D eigenvalue weighted by Gasteiger charge is 1.55. The summed E-state index contributed by atoms with van der Waals surface area (Å²) in [6, 6.07) is 0. The Labute approximate surface area is 46.9 Å². The lowest BCUT2D eigenvalue weighted by molar-refractivity contribution is 2.51. The summed E-state index contributed by atoms with van der Waals surface area (Å²) >= 11 is 0. The molecular weight excluding hydrogens is 124 g/mol. The molecule has 0 unspecified atom stereocenters. The Balaban J connectivity index is 0. The zero-order chi connectivity index (χ0) is 3.41. The Morgan fingerprint density at radius 3 is 1.20 bits per heavy atom. The molecule has 0 aromatic heterocycles. The summed E-state index contributed by atoms with van der Waals surface area (Å²) in [5.74, 6) is 0. The van der Waals surface area contributed by atoms with E-state index in [0.717, 1.165) is 0 Å². The summed E-state index contributed by atoms with van der Waals surface area (Å²) in [7, 11) is 3.55. The van der Waals surface area contributed by atoms with E-state index < -0.39 is 0 Å². The van der Waals surface area contributed by atoms with Gasteiger partial charge in [-0.3, -0.25) is 0 Å². The van der Waals surface area contributed by atoms with Gasteiger partial charge in [0.15, 0.2) is 0 Å². The zero-order valence-electron chi connectivity index (χ0n) is 3.22. The molecule has 0 fully saturated rings. The van der Waals surface area contributed by atoms with Crippen molar-refractivity contribution in [2.45, 2.75) is 0 Å². The molecule has 0 amide bonds. The normalized spacial score (nSPS) is 6.00. The van der Waals surface area contributed by atoms with Gasteiger partial charge < -0.3 is 0 Å². The van der Waals surface area contributed by atoms with Crippen molar-refractivity contribution in [3.8, 4) is 0 Å². The van der Waals surface area contributed by atoms with Gasteiger partial charge in [0.05, 0.1) is 0 Å². The summed E-state index contributed by atoms with van der Waals surface area (Å²) in [4.78, 5) is 0. The molecule has 0 heterocycles. The molecule has 0 aliphatic rings. The quantitative estimate of drug-likeness (QED) is 0.499. The van der Waals surface area contributed by atoms with Crippen LogP contribution in [0.4, 0.5) is 0 Å². The fourth-order valence-electron chi connectivity index (χ4n) is 0. The summed E-state index contributed by atoms with van der Waals surface area (Å²) in [5.41, 5.74) is 0. The molecule has 0 saturated heterocycles. The van der Waals surface area contributed by atoms with E-state index in [2.05, 4.69) is 12.5 Å². The van der Waals surface area contributed by atoms with Crippen LogP contribution in [0.5, 0.6) is 0 Å². The highest BCUT2D eigenvalue weighted by atomic mass is 35.5. The lowest BCUT2D eigenvalue weighted by Crippen LogP contribution is -1.28. The highest BCUT2D eigenvalue weighted by molar-refractivity contribution is 8.76. The lowest BCUT2D eigenvalue weighted by Gasteiger charge is -1.69. The molecule has 0 atom stereocenters. The van der Waals surface area contributed by atoms with Crippen molar-refractivity contribution < 1.29 is 0 Å². The molecule has 0 bridgehead atoms. The molecule has 0 N–H and O–H groups in total. The predicted molar refractivity (Wildman–Crippen MR) is 34.3 cm³/mol. The number of rotatable bonds is 1. The Kier molecular flexibility index (Phi) is 16.7. The third-order valence-corrected chi connectivity index (χ3v) is 1.50. The van der Waals surface area contributed by atoms with Crippen LogP contribution in [-0.4, -0.2) is 12.5 Å². The van der Waals surface area contributed by atoms with Crippen molar-refractivity contribution in [2.24, 2.45) is 0 Å². The maximum absolute atomic E-state index is 2.06. The minimum atomic E-state index is 0. The second-order valence-corrected chi connectivity index (χ2v) is 3.00. The van der Waals surface area contributed by atoms with E-state index in [1.807, 2.05) is 0 Å². The van der Waals surface area contributed by atoms with Crippen molar-refractivity contribution in [2.75, 3.05) is 12.5 Å². The van der Waals surface area contributed by atoms with Crippen molar-refractivity contribution >= 4 is 34.0 Å². The number of halogens is 1. The molecule has 3 heteroatoms. The van der Waals surface area contributed by atoms with Crippen LogP contribution in [-0.2, 0) is 0 Å². The molecule has 0 nitrogen and oxygen atoms in total. The molecular formula is C2H7ClS2. The third-order valence-electron chi connectivity index (χ3n) is 0.167. The maximum atomic E-state index is 2.06. The Morgan fingerprint density at radius 1 is 1.00 bits per heavy atom. The SMILES string of the molecule is CSSC.Cl. The minimum absolute atomic E-state index is 0. The molecule has 0 aliphatic carbocycles. The average molecular weight is 131 g/mol. The van der Waals surface area contributed by atoms with Gasteiger partial charge in [0.25, 0.3) is 0 Å². The fourth-order valence-corrected chi connectivity index (χ4v) is 0. The predicted octanol–water partition coefficient (Wildman–Crippen LogP) is 2.05. The van der Waals surface area contributed by atoms with Gasteiger partial charge in [-0.05, 0) is 12.5 Å². The van der Waals surface area contributed by atoms with Crippen LogP contribution in [0.25, 0.3) is 0 Å². The molecule has 0 spiro atoms. The molecule has 0 rings (SSSR count). The van der Waals surface area contributed by atoms with Gasteiger partial charge in [-0.1, -0.05) is 21.6 Å². The lowest BCUT2D eigenvalue weighted by atomic mass is 12.0. The van der Waals surface area contributed by atoms with Gasteiger partial charge in [-0.25, -0.2) is 0 Å². The summed E-state index contributed by atoms with van der Waals surface area (Å²) in [6.07, 6.45) is 4.12. The van der Waals surface area contributed by atoms with E-state index in [-0.39, 0.29) is 12.4 Å². The van der Waals surface area contributed by atoms with Crippen molar-refractivity contribution in [3.05, 3.63) is 0 Å². The van der Waals surface area contributed by atoms with Crippen LogP contribution in [0.3, 0.4) is 0 Å². The standard InChI is InChI=1S/C2H6S2.ClH/c1-3-4-2;/h1-2H3;1H. The van der Waals surface area contributed by atoms with Crippen LogP contribution in [0.15, 0.2) is 0 Å². The topological polar surface area (TPSA) is 0 Å². The van der Waals surface area contributed by atoms with Crippen LogP contribution < -0.4 is 0 Å². The fraction of sp³-hybridized carbons (Fsp3) is 1.00. The first-order chi connectivity index (χ1) is 1.91. The number of hydrogen-bond acceptors (Lipinski definition) is 2. The smallest absolute Gasteiger partial charge is 0.00793 e. The first-order valence-corrected chi connectivity index (χ1v) is 3.95. The van der Waals surface area contributed by atoms with E-state index in [4.69, 9.17) is 0 Å². The monoisotopic (exact) mass is 130 g/mol. The first kappa shape index (κ1) is 9.37. The van der Waals surface area contributed by atoms with Gasteiger partial charge in [-0.2, -0.15) is 0 Å². The molecule has 0 aromatic carbocycles. The molecule has 34 valence electrons. The Morgan fingerprint density at radius 2 is 1.20 bits per heavy atom. The number of hydrogen-bond donors (Lipinski definition) is 0. The van der Waals surface area contributed by atoms with Gasteiger partial charge in [0.1, 0.15) is 0 Å². The molecule has 0 radical (unpaired) electrons. The van der Waals surface area contributed by atoms with Gasteiger partial charge >= 0.3 is 0 Å². The second-order valence-electron chi connectivity index (χ2n) is 0.333. The Hall–Kier alpha value is 0.990. The van der Waals surface area contributed by atoms with Crippen LogP contribution in [0.1, 0.15) is 0 Å². The highest BCUT2D eigenvalue weighted by Crippen LogP contribution is 2.09. The van der Waals surface area contributed by atoms with Crippen LogP contribution >= 0.6 is 34.0 Å². The molecule has 0 saturated carbocycles. The maximum Gasteiger partial charge on any atom is -0.00793 e. The zero-order valence-corrected chi connectivity index (χ0v) is 5.67. The second kappa shape index (κ2) is 8.89. The van der Waals surface area contributed by atoms with Crippen molar-refractivity contribution in [1.82, 2.24) is 0 Å². The average Bonchev–Trinajstić information content (AvgIpc) is 1.37. The third kappa shape index (κ3) is 11.3. The van der Waals surface area contributed by atoms with Crippen molar-refractivity contribution in [3.63, 3.8) is 0 Å². The summed E-state index contributed by atoms with van der Waals surface area (Å²) < 4.78 is 0. The molecule has 5 heavy (non-hydrogen) atoms. The van der Waals surface area contributed by atoms with E-state index in [0.29, 0.717) is 0 Å². The van der Waals surface area contributed by atoms with E-state index >= 15 is 0 Å². The summed E-state index contributed by atoms with van der Waals surface area (Å²) in [5, 5.41) is 0. The molecule has 0 aliphatic heterocycles.